The lowest BCUT2D eigenvalue weighted by molar-refractivity contribution is -0.150. The van der Waals surface area contributed by atoms with Crippen molar-refractivity contribution in [1.82, 2.24) is 0 Å². The van der Waals surface area contributed by atoms with Crippen molar-refractivity contribution in [1.29, 1.82) is 0 Å². The van der Waals surface area contributed by atoms with Crippen LogP contribution in [0, 0.1) is 22.2 Å². The molecule has 0 saturated heterocycles. The van der Waals surface area contributed by atoms with E-state index in [0.717, 1.165) is 18.8 Å². The van der Waals surface area contributed by atoms with Gasteiger partial charge in [-0.25, -0.2) is 0 Å². The Morgan fingerprint density at radius 2 is 1.83 bits per heavy atom. The van der Waals surface area contributed by atoms with E-state index in [4.69, 9.17) is 4.74 Å². The molecule has 3 rings (SSSR count). The van der Waals surface area contributed by atoms with Gasteiger partial charge in [-0.2, -0.15) is 0 Å². The third-order valence-electron chi connectivity index (χ3n) is 6.70. The number of hydrogen-bond acceptors (Lipinski definition) is 2. The molecule has 0 heterocycles. The zero-order valence-corrected chi connectivity index (χ0v) is 12.3. The summed E-state index contributed by atoms with van der Waals surface area (Å²) in [4.78, 5) is 0. The summed E-state index contributed by atoms with van der Waals surface area (Å²) in [5.74, 6) is 0.788. The van der Waals surface area contributed by atoms with E-state index in [-0.39, 0.29) is 11.5 Å². The van der Waals surface area contributed by atoms with Gasteiger partial charge in [0.2, 0.25) is 0 Å². The first-order valence-electron chi connectivity index (χ1n) is 7.55. The van der Waals surface area contributed by atoms with E-state index in [1.54, 1.807) is 0 Å². The fraction of sp³-hybridized carbons (Fsp3) is 1.00. The van der Waals surface area contributed by atoms with Gasteiger partial charge in [-0.3, -0.25) is 0 Å². The number of rotatable bonds is 1. The predicted octanol–water partition coefficient (Wildman–Crippen LogP) is 3.38. The molecule has 3 aliphatic carbocycles. The van der Waals surface area contributed by atoms with Crippen LogP contribution in [-0.4, -0.2) is 24.4 Å². The molecular weight excluding hydrogens is 224 g/mol. The van der Waals surface area contributed by atoms with Crippen LogP contribution < -0.4 is 0 Å². The molecule has 0 radical (unpaired) electrons. The zero-order chi connectivity index (χ0) is 13.2. The van der Waals surface area contributed by atoms with Crippen molar-refractivity contribution >= 4 is 0 Å². The molecule has 3 saturated carbocycles. The second kappa shape index (κ2) is 3.73. The molecule has 1 spiro atoms. The van der Waals surface area contributed by atoms with Crippen molar-refractivity contribution in [2.75, 3.05) is 7.11 Å². The van der Waals surface area contributed by atoms with Gasteiger partial charge in [-0.15, -0.1) is 0 Å². The predicted molar refractivity (Wildman–Crippen MR) is 72.3 cm³/mol. The monoisotopic (exact) mass is 252 g/mol. The van der Waals surface area contributed by atoms with E-state index in [1.165, 1.54) is 25.7 Å². The SMILES string of the molecule is CO[C@H]1CC(C)(C)[C@@H]2CC[C@@]3(C)C[C@]12CC[C@H]3O. The van der Waals surface area contributed by atoms with Crippen LogP contribution in [0.5, 0.6) is 0 Å². The maximum atomic E-state index is 10.3. The van der Waals surface area contributed by atoms with Crippen LogP contribution in [-0.2, 0) is 4.74 Å². The van der Waals surface area contributed by atoms with Crippen molar-refractivity contribution < 1.29 is 9.84 Å². The highest BCUT2D eigenvalue weighted by atomic mass is 16.5. The van der Waals surface area contributed by atoms with Crippen LogP contribution in [0.15, 0.2) is 0 Å². The van der Waals surface area contributed by atoms with E-state index >= 15 is 0 Å². The quantitative estimate of drug-likeness (QED) is 0.775. The Balaban J connectivity index is 2.00. The van der Waals surface area contributed by atoms with Crippen LogP contribution in [0.2, 0.25) is 0 Å². The lowest BCUT2D eigenvalue weighted by atomic mass is 9.49. The molecule has 104 valence electrons. The molecule has 18 heavy (non-hydrogen) atoms. The Bertz CT molecular complexity index is 351. The first kappa shape index (κ1) is 12.9. The van der Waals surface area contributed by atoms with Gasteiger partial charge in [0, 0.05) is 12.5 Å². The molecule has 2 heteroatoms. The Kier molecular flexibility index (Phi) is 2.68. The highest BCUT2D eigenvalue weighted by molar-refractivity contribution is 5.14. The third kappa shape index (κ3) is 1.48. The highest BCUT2D eigenvalue weighted by Crippen LogP contribution is 2.69. The summed E-state index contributed by atoms with van der Waals surface area (Å²) in [6.07, 6.45) is 7.30. The Labute approximate surface area is 111 Å². The average Bonchev–Trinajstić information content (AvgIpc) is 2.52. The normalized spacial score (nSPS) is 54.2. The Hall–Kier alpha value is -0.0800. The van der Waals surface area contributed by atoms with Crippen LogP contribution in [0.25, 0.3) is 0 Å². The van der Waals surface area contributed by atoms with Crippen LogP contribution in [0.1, 0.15) is 59.3 Å². The Morgan fingerprint density at radius 3 is 2.50 bits per heavy atom. The average molecular weight is 252 g/mol. The zero-order valence-electron chi connectivity index (χ0n) is 12.3. The smallest absolute Gasteiger partial charge is 0.0635 e. The molecule has 0 unspecified atom stereocenters. The minimum absolute atomic E-state index is 0.0923. The maximum absolute atomic E-state index is 10.3. The Morgan fingerprint density at radius 1 is 1.11 bits per heavy atom. The molecule has 0 aromatic heterocycles. The van der Waals surface area contributed by atoms with Gasteiger partial charge in [0.15, 0.2) is 0 Å². The molecule has 0 amide bonds. The summed E-state index contributed by atoms with van der Waals surface area (Å²) in [7, 11) is 1.88. The van der Waals surface area contributed by atoms with Crippen LogP contribution in [0.3, 0.4) is 0 Å². The summed E-state index contributed by atoms with van der Waals surface area (Å²) in [6.45, 7) is 7.14. The third-order valence-corrected chi connectivity index (χ3v) is 6.70. The van der Waals surface area contributed by atoms with Gasteiger partial charge in [0.25, 0.3) is 0 Å². The molecule has 0 aromatic carbocycles. The summed E-state index contributed by atoms with van der Waals surface area (Å²) in [6, 6.07) is 0. The summed E-state index contributed by atoms with van der Waals surface area (Å²) in [5, 5.41) is 10.3. The molecule has 1 N–H and O–H groups in total. The topological polar surface area (TPSA) is 29.5 Å². The van der Waals surface area contributed by atoms with Gasteiger partial charge >= 0.3 is 0 Å². The van der Waals surface area contributed by atoms with Crippen LogP contribution in [0.4, 0.5) is 0 Å². The van der Waals surface area contributed by atoms with Crippen molar-refractivity contribution in [2.45, 2.75) is 71.5 Å². The van der Waals surface area contributed by atoms with Crippen molar-refractivity contribution in [3.8, 4) is 0 Å². The lowest BCUT2D eigenvalue weighted by Gasteiger charge is -2.57. The van der Waals surface area contributed by atoms with Gasteiger partial charge in [0.1, 0.15) is 0 Å². The van der Waals surface area contributed by atoms with Gasteiger partial charge in [-0.1, -0.05) is 20.8 Å². The fourth-order valence-electron chi connectivity index (χ4n) is 5.84. The number of aliphatic hydroxyl groups excluding tert-OH is 1. The van der Waals surface area contributed by atoms with E-state index in [0.29, 0.717) is 16.9 Å². The van der Waals surface area contributed by atoms with E-state index in [1.807, 2.05) is 7.11 Å². The summed E-state index contributed by atoms with van der Waals surface area (Å²) < 4.78 is 5.89. The molecule has 5 atom stereocenters. The maximum Gasteiger partial charge on any atom is 0.0635 e. The minimum atomic E-state index is -0.0923. The number of aliphatic hydroxyl groups is 1. The first-order valence-corrected chi connectivity index (χ1v) is 7.55. The van der Waals surface area contributed by atoms with Gasteiger partial charge in [0.05, 0.1) is 12.2 Å². The van der Waals surface area contributed by atoms with Crippen molar-refractivity contribution in [3.05, 3.63) is 0 Å². The second-order valence-corrected chi connectivity index (χ2v) is 8.13. The molecule has 3 aliphatic rings. The lowest BCUT2D eigenvalue weighted by Crippen LogP contribution is -2.54. The second-order valence-electron chi connectivity index (χ2n) is 8.13. The molecular formula is C16H28O2. The van der Waals surface area contributed by atoms with E-state index < -0.39 is 0 Å². The van der Waals surface area contributed by atoms with Crippen LogP contribution >= 0.6 is 0 Å². The first-order chi connectivity index (χ1) is 8.34. The van der Waals surface area contributed by atoms with Gasteiger partial charge < -0.3 is 9.84 Å². The van der Waals surface area contributed by atoms with E-state index in [2.05, 4.69) is 20.8 Å². The number of ether oxygens (including phenoxy) is 1. The molecule has 2 bridgehead atoms. The largest absolute Gasteiger partial charge is 0.393 e. The standard InChI is InChI=1S/C16H28O2/c1-14(2)9-13(18-4)16-8-6-12(17)15(3,10-16)7-5-11(14)16/h11-13,17H,5-10H2,1-4H3/t11-,12+,13-,15-,16-/m0/s1. The number of methoxy groups -OCH3 is 1. The highest BCUT2D eigenvalue weighted by Gasteiger charge is 2.64. The van der Waals surface area contributed by atoms with Crippen molar-refractivity contribution in [3.63, 3.8) is 0 Å². The molecule has 0 aliphatic heterocycles. The fourth-order valence-corrected chi connectivity index (χ4v) is 5.84. The number of hydrogen-bond donors (Lipinski definition) is 1. The summed E-state index contributed by atoms with van der Waals surface area (Å²) in [5.41, 5.74) is 0.904. The van der Waals surface area contributed by atoms with Crippen molar-refractivity contribution in [2.24, 2.45) is 22.2 Å². The van der Waals surface area contributed by atoms with E-state index in [9.17, 15) is 5.11 Å². The summed E-state index contributed by atoms with van der Waals surface area (Å²) >= 11 is 0. The molecule has 2 nitrogen and oxygen atoms in total. The number of fused-ring (bicyclic) bond motifs is 1. The molecule has 0 aromatic rings. The molecule has 3 fully saturated rings. The minimum Gasteiger partial charge on any atom is -0.393 e. The van der Waals surface area contributed by atoms with Gasteiger partial charge in [-0.05, 0) is 55.3 Å².